The molecule has 1 nitrogen and oxygen atoms in total. The van der Waals surface area contributed by atoms with E-state index in [1.54, 1.807) is 6.07 Å². The van der Waals surface area contributed by atoms with Crippen LogP contribution in [0.5, 0.6) is 5.75 Å². The maximum atomic E-state index is 13.1. The summed E-state index contributed by atoms with van der Waals surface area (Å²) < 4.78 is 31.0. The molecule has 1 aromatic carbocycles. The first-order chi connectivity index (χ1) is 6.83. The van der Waals surface area contributed by atoms with Crippen LogP contribution in [0.15, 0.2) is 12.1 Å². The standard InChI is InChI=1S/C12H16F2O/c1-12(2,3)7-8-5-9(13)11(14)10(6-8)15-4/h5-6H,7H2,1-4H3. The average molecular weight is 214 g/mol. The third-order valence-electron chi connectivity index (χ3n) is 2.01. The van der Waals surface area contributed by atoms with E-state index in [2.05, 4.69) is 0 Å². The molecule has 0 heterocycles. The van der Waals surface area contributed by atoms with Gasteiger partial charge in [0.15, 0.2) is 11.6 Å². The molecule has 0 amide bonds. The molecule has 0 aliphatic rings. The summed E-state index contributed by atoms with van der Waals surface area (Å²) in [6.07, 6.45) is 0.681. The molecular formula is C12H16F2O. The van der Waals surface area contributed by atoms with Gasteiger partial charge < -0.3 is 4.74 Å². The average Bonchev–Trinajstić information content (AvgIpc) is 2.08. The van der Waals surface area contributed by atoms with Gasteiger partial charge in [-0.1, -0.05) is 20.8 Å². The Kier molecular flexibility index (Phi) is 3.32. The quantitative estimate of drug-likeness (QED) is 0.731. The molecule has 0 aliphatic carbocycles. The van der Waals surface area contributed by atoms with E-state index in [-0.39, 0.29) is 11.2 Å². The summed E-state index contributed by atoms with van der Waals surface area (Å²) in [6.45, 7) is 6.13. The van der Waals surface area contributed by atoms with Gasteiger partial charge in [0.1, 0.15) is 0 Å². The van der Waals surface area contributed by atoms with Crippen molar-refractivity contribution in [3.8, 4) is 5.75 Å². The Hall–Kier alpha value is -1.12. The summed E-state index contributed by atoms with van der Waals surface area (Å²) >= 11 is 0. The first-order valence-electron chi connectivity index (χ1n) is 4.85. The second-order valence-electron chi connectivity index (χ2n) is 4.83. The van der Waals surface area contributed by atoms with Gasteiger partial charge in [-0.25, -0.2) is 4.39 Å². The summed E-state index contributed by atoms with van der Waals surface area (Å²) in [5.74, 6) is -1.81. The van der Waals surface area contributed by atoms with E-state index in [4.69, 9.17) is 4.74 Å². The molecule has 0 bridgehead atoms. The van der Waals surface area contributed by atoms with E-state index in [0.717, 1.165) is 5.56 Å². The van der Waals surface area contributed by atoms with Crippen molar-refractivity contribution in [2.45, 2.75) is 27.2 Å². The SMILES string of the molecule is COc1cc(CC(C)(C)C)cc(F)c1F. The molecule has 0 saturated carbocycles. The van der Waals surface area contributed by atoms with Gasteiger partial charge in [0.25, 0.3) is 0 Å². The number of hydrogen-bond acceptors (Lipinski definition) is 1. The van der Waals surface area contributed by atoms with Crippen molar-refractivity contribution in [2.75, 3.05) is 7.11 Å². The number of ether oxygens (including phenoxy) is 1. The lowest BCUT2D eigenvalue weighted by molar-refractivity contribution is 0.366. The van der Waals surface area contributed by atoms with Crippen molar-refractivity contribution < 1.29 is 13.5 Å². The summed E-state index contributed by atoms with van der Waals surface area (Å²) in [5.41, 5.74) is 0.785. The zero-order valence-electron chi connectivity index (χ0n) is 9.53. The molecule has 0 spiro atoms. The van der Waals surface area contributed by atoms with Gasteiger partial charge in [-0.05, 0) is 29.5 Å². The predicted octanol–water partition coefficient (Wildman–Crippen LogP) is 3.56. The second kappa shape index (κ2) is 4.17. The Labute approximate surface area is 89.1 Å². The van der Waals surface area contributed by atoms with Gasteiger partial charge in [-0.2, -0.15) is 4.39 Å². The van der Waals surface area contributed by atoms with Crippen LogP contribution in [0.3, 0.4) is 0 Å². The monoisotopic (exact) mass is 214 g/mol. The highest BCUT2D eigenvalue weighted by molar-refractivity contribution is 5.32. The lowest BCUT2D eigenvalue weighted by Crippen LogP contribution is -2.10. The number of benzene rings is 1. The maximum Gasteiger partial charge on any atom is 0.200 e. The van der Waals surface area contributed by atoms with Gasteiger partial charge in [-0.3, -0.25) is 0 Å². The summed E-state index contributed by atoms with van der Waals surface area (Å²) in [6, 6.07) is 2.77. The van der Waals surface area contributed by atoms with Crippen molar-refractivity contribution in [1.82, 2.24) is 0 Å². The van der Waals surface area contributed by atoms with Gasteiger partial charge in [-0.15, -0.1) is 0 Å². The minimum atomic E-state index is -0.921. The van der Waals surface area contributed by atoms with Crippen LogP contribution in [-0.4, -0.2) is 7.11 Å². The van der Waals surface area contributed by atoms with E-state index in [0.29, 0.717) is 6.42 Å². The zero-order valence-corrected chi connectivity index (χ0v) is 9.53. The fourth-order valence-corrected chi connectivity index (χ4v) is 1.48. The normalized spacial score (nSPS) is 11.6. The molecule has 0 saturated heterocycles. The van der Waals surface area contributed by atoms with Crippen molar-refractivity contribution >= 4 is 0 Å². The summed E-state index contributed by atoms with van der Waals surface area (Å²) in [7, 11) is 1.33. The highest BCUT2D eigenvalue weighted by Crippen LogP contribution is 2.26. The Bertz CT molecular complexity index is 353. The summed E-state index contributed by atoms with van der Waals surface area (Å²) in [5, 5.41) is 0. The van der Waals surface area contributed by atoms with Crippen LogP contribution < -0.4 is 4.74 Å². The third-order valence-corrected chi connectivity index (χ3v) is 2.01. The Morgan fingerprint density at radius 3 is 2.27 bits per heavy atom. The Balaban J connectivity index is 3.06. The molecule has 15 heavy (non-hydrogen) atoms. The molecule has 1 rings (SSSR count). The van der Waals surface area contributed by atoms with Crippen molar-refractivity contribution in [3.63, 3.8) is 0 Å². The van der Waals surface area contributed by atoms with E-state index in [1.807, 2.05) is 20.8 Å². The molecule has 0 unspecified atom stereocenters. The van der Waals surface area contributed by atoms with Crippen LogP contribution in [0.2, 0.25) is 0 Å². The van der Waals surface area contributed by atoms with E-state index < -0.39 is 11.6 Å². The molecule has 0 atom stereocenters. The van der Waals surface area contributed by atoms with Gasteiger partial charge in [0, 0.05) is 0 Å². The maximum absolute atomic E-state index is 13.1. The lowest BCUT2D eigenvalue weighted by Gasteiger charge is -2.18. The minimum Gasteiger partial charge on any atom is -0.494 e. The first-order valence-corrected chi connectivity index (χ1v) is 4.85. The number of methoxy groups -OCH3 is 1. The van der Waals surface area contributed by atoms with Crippen molar-refractivity contribution in [2.24, 2.45) is 5.41 Å². The van der Waals surface area contributed by atoms with Gasteiger partial charge in [0.2, 0.25) is 5.82 Å². The summed E-state index contributed by atoms with van der Waals surface area (Å²) in [4.78, 5) is 0. The first kappa shape index (κ1) is 12.0. The molecule has 0 aromatic heterocycles. The van der Waals surface area contributed by atoms with Crippen LogP contribution in [0.1, 0.15) is 26.3 Å². The smallest absolute Gasteiger partial charge is 0.200 e. The number of hydrogen-bond donors (Lipinski definition) is 0. The molecule has 0 aliphatic heterocycles. The van der Waals surface area contributed by atoms with Gasteiger partial charge in [0.05, 0.1) is 7.11 Å². The second-order valence-corrected chi connectivity index (χ2v) is 4.83. The third kappa shape index (κ3) is 3.18. The zero-order chi connectivity index (χ0) is 11.6. The highest BCUT2D eigenvalue weighted by Gasteiger charge is 2.16. The molecule has 1 aromatic rings. The fourth-order valence-electron chi connectivity index (χ4n) is 1.48. The predicted molar refractivity (Wildman–Crippen MR) is 56.1 cm³/mol. The molecule has 0 fully saturated rings. The van der Waals surface area contributed by atoms with E-state index in [1.165, 1.54) is 13.2 Å². The molecular weight excluding hydrogens is 198 g/mol. The van der Waals surface area contributed by atoms with Crippen molar-refractivity contribution in [3.05, 3.63) is 29.3 Å². The van der Waals surface area contributed by atoms with E-state index >= 15 is 0 Å². The molecule has 3 heteroatoms. The van der Waals surface area contributed by atoms with Crippen LogP contribution in [0.25, 0.3) is 0 Å². The largest absolute Gasteiger partial charge is 0.494 e. The minimum absolute atomic E-state index is 0.0331. The van der Waals surface area contributed by atoms with E-state index in [9.17, 15) is 8.78 Å². The van der Waals surface area contributed by atoms with Gasteiger partial charge >= 0.3 is 0 Å². The number of halogens is 2. The molecule has 0 N–H and O–H groups in total. The Morgan fingerprint density at radius 2 is 1.80 bits per heavy atom. The topological polar surface area (TPSA) is 9.23 Å². The molecule has 0 radical (unpaired) electrons. The Morgan fingerprint density at radius 1 is 1.20 bits per heavy atom. The van der Waals surface area contributed by atoms with Crippen LogP contribution in [-0.2, 0) is 6.42 Å². The fraction of sp³-hybridized carbons (Fsp3) is 0.500. The van der Waals surface area contributed by atoms with Crippen molar-refractivity contribution in [1.29, 1.82) is 0 Å². The number of rotatable bonds is 2. The van der Waals surface area contributed by atoms with Crippen LogP contribution in [0.4, 0.5) is 8.78 Å². The van der Waals surface area contributed by atoms with Crippen LogP contribution in [0, 0.1) is 17.0 Å². The van der Waals surface area contributed by atoms with Crippen LogP contribution >= 0.6 is 0 Å². The highest BCUT2D eigenvalue weighted by atomic mass is 19.2. The lowest BCUT2D eigenvalue weighted by atomic mass is 9.88. The molecule has 84 valence electrons.